The maximum Gasteiger partial charge on any atom is 0.158 e. The molecule has 1 aromatic carbocycles. The van der Waals surface area contributed by atoms with Crippen molar-refractivity contribution in [3.63, 3.8) is 0 Å². The van der Waals surface area contributed by atoms with Crippen LogP contribution in [0.2, 0.25) is 0 Å². The minimum atomic E-state index is 0.342. The van der Waals surface area contributed by atoms with Crippen molar-refractivity contribution in [3.8, 4) is 0 Å². The van der Waals surface area contributed by atoms with Crippen LogP contribution < -0.4 is 0 Å². The highest BCUT2D eigenvalue weighted by molar-refractivity contribution is 6.02. The van der Waals surface area contributed by atoms with Gasteiger partial charge in [0.2, 0.25) is 0 Å². The number of fused-ring (bicyclic) bond motifs is 1. The Morgan fingerprint density at radius 2 is 1.80 bits per heavy atom. The van der Waals surface area contributed by atoms with Crippen LogP contribution in [-0.4, -0.2) is 10.8 Å². The standard InChI is InChI=1S/C18H21NO/c1-13-16(15-9-6-7-10-17(15)19-13)12-14-8-4-2-3-5-11-18(14)20/h6-7,9-10,12,19H,2-5,8,11H2,1H3/b14-12-. The summed E-state index contributed by atoms with van der Waals surface area (Å²) in [7, 11) is 0. The van der Waals surface area contributed by atoms with Crippen LogP contribution >= 0.6 is 0 Å². The van der Waals surface area contributed by atoms with Gasteiger partial charge in [-0.3, -0.25) is 4.79 Å². The molecular weight excluding hydrogens is 246 g/mol. The molecule has 1 heterocycles. The van der Waals surface area contributed by atoms with E-state index in [4.69, 9.17) is 0 Å². The Balaban J connectivity index is 2.03. The summed E-state index contributed by atoms with van der Waals surface area (Å²) >= 11 is 0. The fourth-order valence-corrected chi connectivity index (χ4v) is 3.07. The molecule has 0 amide bonds. The van der Waals surface area contributed by atoms with E-state index in [1.807, 2.05) is 6.07 Å². The number of benzene rings is 1. The summed E-state index contributed by atoms with van der Waals surface area (Å²) in [4.78, 5) is 15.7. The number of aromatic amines is 1. The molecule has 1 fully saturated rings. The molecule has 0 aliphatic heterocycles. The quantitative estimate of drug-likeness (QED) is 0.741. The molecule has 0 saturated heterocycles. The molecule has 0 spiro atoms. The molecule has 20 heavy (non-hydrogen) atoms. The highest BCUT2D eigenvalue weighted by Gasteiger charge is 2.14. The number of carbonyl (C=O) groups excluding carboxylic acids is 1. The Bertz CT molecular complexity index is 663. The predicted molar refractivity (Wildman–Crippen MR) is 83.7 cm³/mol. The van der Waals surface area contributed by atoms with Crippen LogP contribution in [0.5, 0.6) is 0 Å². The minimum absolute atomic E-state index is 0.342. The highest BCUT2D eigenvalue weighted by Crippen LogP contribution is 2.27. The Hall–Kier alpha value is -1.83. The van der Waals surface area contributed by atoms with Gasteiger partial charge in [-0.05, 0) is 43.9 Å². The number of nitrogens with one attached hydrogen (secondary N) is 1. The minimum Gasteiger partial charge on any atom is -0.358 e. The fraction of sp³-hybridized carbons (Fsp3) is 0.389. The largest absolute Gasteiger partial charge is 0.358 e. The Morgan fingerprint density at radius 1 is 1.05 bits per heavy atom. The van der Waals surface area contributed by atoms with Crippen molar-refractivity contribution in [2.75, 3.05) is 0 Å². The third-order valence-electron chi connectivity index (χ3n) is 4.22. The molecule has 2 aromatic rings. The summed E-state index contributed by atoms with van der Waals surface area (Å²) in [5.74, 6) is 0.342. The molecule has 0 atom stereocenters. The molecule has 0 bridgehead atoms. The van der Waals surface area contributed by atoms with Gasteiger partial charge in [0.15, 0.2) is 5.78 Å². The van der Waals surface area contributed by atoms with Crippen LogP contribution in [0.15, 0.2) is 29.8 Å². The molecule has 1 saturated carbocycles. The lowest BCUT2D eigenvalue weighted by atomic mass is 9.93. The van der Waals surface area contributed by atoms with Gasteiger partial charge in [0.25, 0.3) is 0 Å². The van der Waals surface area contributed by atoms with Crippen molar-refractivity contribution in [3.05, 3.63) is 41.1 Å². The van der Waals surface area contributed by atoms with Gasteiger partial charge in [0, 0.05) is 28.6 Å². The Labute approximate surface area is 119 Å². The van der Waals surface area contributed by atoms with Gasteiger partial charge < -0.3 is 4.98 Å². The summed E-state index contributed by atoms with van der Waals surface area (Å²) in [6.07, 6.45) is 8.40. The number of aromatic nitrogens is 1. The number of Topliss-reactive ketones (excluding diaryl/α,β-unsaturated/α-hetero) is 1. The first-order chi connectivity index (χ1) is 9.75. The number of allylic oxidation sites excluding steroid dienone is 1. The van der Waals surface area contributed by atoms with Crippen molar-refractivity contribution < 1.29 is 4.79 Å². The molecule has 104 valence electrons. The Kier molecular flexibility index (Phi) is 3.72. The van der Waals surface area contributed by atoms with Crippen molar-refractivity contribution in [1.29, 1.82) is 0 Å². The molecule has 3 rings (SSSR count). The topological polar surface area (TPSA) is 32.9 Å². The maximum absolute atomic E-state index is 12.3. The number of para-hydroxylation sites is 1. The second kappa shape index (κ2) is 5.66. The summed E-state index contributed by atoms with van der Waals surface area (Å²) < 4.78 is 0. The first-order valence-electron chi connectivity index (χ1n) is 7.57. The van der Waals surface area contributed by atoms with Gasteiger partial charge in [-0.25, -0.2) is 0 Å². The van der Waals surface area contributed by atoms with Gasteiger partial charge in [-0.15, -0.1) is 0 Å². The lowest BCUT2D eigenvalue weighted by Crippen LogP contribution is -2.05. The number of hydrogen-bond donors (Lipinski definition) is 1. The summed E-state index contributed by atoms with van der Waals surface area (Å²) in [6, 6.07) is 8.30. The van der Waals surface area contributed by atoms with E-state index in [1.165, 1.54) is 23.8 Å². The monoisotopic (exact) mass is 267 g/mol. The third-order valence-corrected chi connectivity index (χ3v) is 4.22. The van der Waals surface area contributed by atoms with E-state index >= 15 is 0 Å². The lowest BCUT2D eigenvalue weighted by Gasteiger charge is -2.11. The SMILES string of the molecule is Cc1[nH]c2ccccc2c1/C=C1/CCCCCCC1=O. The van der Waals surface area contributed by atoms with E-state index in [9.17, 15) is 4.79 Å². The van der Waals surface area contributed by atoms with E-state index in [2.05, 4.69) is 36.2 Å². The van der Waals surface area contributed by atoms with Gasteiger partial charge in [-0.1, -0.05) is 31.0 Å². The molecule has 2 heteroatoms. The van der Waals surface area contributed by atoms with Crippen LogP contribution in [-0.2, 0) is 4.79 Å². The zero-order valence-corrected chi connectivity index (χ0v) is 12.0. The molecular formula is C18H21NO. The van der Waals surface area contributed by atoms with E-state index in [1.54, 1.807) is 0 Å². The number of carbonyl (C=O) groups is 1. The molecule has 0 radical (unpaired) electrons. The van der Waals surface area contributed by atoms with Crippen LogP contribution in [0.3, 0.4) is 0 Å². The average molecular weight is 267 g/mol. The molecule has 1 aliphatic carbocycles. The van der Waals surface area contributed by atoms with E-state index < -0.39 is 0 Å². The van der Waals surface area contributed by atoms with E-state index in [0.717, 1.165) is 36.0 Å². The first-order valence-corrected chi connectivity index (χ1v) is 7.57. The van der Waals surface area contributed by atoms with Crippen molar-refractivity contribution >= 4 is 22.8 Å². The van der Waals surface area contributed by atoms with Crippen LogP contribution in [0, 0.1) is 6.92 Å². The normalized spacial score (nSPS) is 19.2. The second-order valence-corrected chi connectivity index (χ2v) is 5.72. The molecule has 1 aromatic heterocycles. The van der Waals surface area contributed by atoms with Crippen molar-refractivity contribution in [1.82, 2.24) is 4.98 Å². The molecule has 1 aliphatic rings. The predicted octanol–water partition coefficient (Wildman–Crippen LogP) is 4.78. The lowest BCUT2D eigenvalue weighted by molar-refractivity contribution is -0.115. The van der Waals surface area contributed by atoms with Gasteiger partial charge in [0.05, 0.1) is 0 Å². The Morgan fingerprint density at radius 3 is 2.65 bits per heavy atom. The average Bonchev–Trinajstić information content (AvgIpc) is 2.74. The number of aryl methyl sites for hydroxylation is 1. The van der Waals surface area contributed by atoms with Crippen molar-refractivity contribution in [2.24, 2.45) is 0 Å². The fourth-order valence-electron chi connectivity index (χ4n) is 3.07. The van der Waals surface area contributed by atoms with Crippen LogP contribution in [0.1, 0.15) is 49.8 Å². The van der Waals surface area contributed by atoms with E-state index in [-0.39, 0.29) is 0 Å². The smallest absolute Gasteiger partial charge is 0.158 e. The molecule has 2 nitrogen and oxygen atoms in total. The van der Waals surface area contributed by atoms with E-state index in [0.29, 0.717) is 12.2 Å². The summed E-state index contributed by atoms with van der Waals surface area (Å²) in [5, 5.41) is 1.22. The van der Waals surface area contributed by atoms with Gasteiger partial charge in [0.1, 0.15) is 0 Å². The van der Waals surface area contributed by atoms with Crippen LogP contribution in [0.25, 0.3) is 17.0 Å². The van der Waals surface area contributed by atoms with Crippen LogP contribution in [0.4, 0.5) is 0 Å². The zero-order valence-electron chi connectivity index (χ0n) is 12.0. The number of hydrogen-bond acceptors (Lipinski definition) is 1. The first kappa shape index (κ1) is 13.2. The van der Waals surface area contributed by atoms with Crippen molar-refractivity contribution in [2.45, 2.75) is 45.4 Å². The number of ketones is 1. The third kappa shape index (κ3) is 2.55. The summed E-state index contributed by atoms with van der Waals surface area (Å²) in [6.45, 7) is 2.08. The number of H-pyrrole nitrogens is 1. The molecule has 0 unspecified atom stereocenters. The maximum atomic E-state index is 12.3. The summed E-state index contributed by atoms with van der Waals surface area (Å²) in [5.41, 5.74) is 4.49. The number of rotatable bonds is 1. The second-order valence-electron chi connectivity index (χ2n) is 5.72. The highest BCUT2D eigenvalue weighted by atomic mass is 16.1. The zero-order chi connectivity index (χ0) is 13.9. The van der Waals surface area contributed by atoms with Gasteiger partial charge in [-0.2, -0.15) is 0 Å². The van der Waals surface area contributed by atoms with Gasteiger partial charge >= 0.3 is 0 Å². The molecule has 1 N–H and O–H groups in total.